The van der Waals surface area contributed by atoms with Gasteiger partial charge >= 0.3 is 6.09 Å². The van der Waals surface area contributed by atoms with Gasteiger partial charge in [-0.05, 0) is 18.6 Å². The molecule has 0 aromatic heterocycles. The van der Waals surface area contributed by atoms with Gasteiger partial charge in [0.25, 0.3) is 0 Å². The Hall–Kier alpha value is -1.29. The van der Waals surface area contributed by atoms with Gasteiger partial charge in [-0.25, -0.2) is 9.18 Å². The molecule has 1 N–H and O–H groups in total. The molecule has 3 nitrogen and oxygen atoms in total. The zero-order valence-electron chi connectivity index (χ0n) is 8.83. The second-order valence-corrected chi connectivity index (χ2v) is 3.65. The van der Waals surface area contributed by atoms with Gasteiger partial charge in [-0.2, -0.15) is 0 Å². The summed E-state index contributed by atoms with van der Waals surface area (Å²) in [5.41, 5.74) is 1.40. The number of aryl methyl sites for hydroxylation is 1. The van der Waals surface area contributed by atoms with Crippen LogP contribution in [0.25, 0.3) is 0 Å². The third-order valence-electron chi connectivity index (χ3n) is 2.46. The van der Waals surface area contributed by atoms with Crippen molar-refractivity contribution in [1.82, 2.24) is 5.32 Å². The molecule has 1 fully saturated rings. The molecule has 16 heavy (non-hydrogen) atoms. The van der Waals surface area contributed by atoms with Crippen LogP contribution in [0.1, 0.15) is 23.6 Å². The Morgan fingerprint density at radius 1 is 1.50 bits per heavy atom. The number of hydrogen-bond donors (Lipinski definition) is 1. The second kappa shape index (κ2) is 5.16. The Balaban J connectivity index is 0.00000128. The van der Waals surface area contributed by atoms with E-state index >= 15 is 0 Å². The lowest BCUT2D eigenvalue weighted by Gasteiger charge is -2.24. The highest BCUT2D eigenvalue weighted by Crippen LogP contribution is 2.23. The maximum absolute atomic E-state index is 13.6. The number of alkyl carbamates (subject to hydrolysis) is 1. The Labute approximate surface area is 99.4 Å². The number of amides is 1. The number of nitrogens with one attached hydrogen (secondary N) is 1. The van der Waals surface area contributed by atoms with Gasteiger partial charge < -0.3 is 10.1 Å². The van der Waals surface area contributed by atoms with Crippen molar-refractivity contribution >= 4 is 18.5 Å². The van der Waals surface area contributed by atoms with Crippen molar-refractivity contribution < 1.29 is 13.9 Å². The van der Waals surface area contributed by atoms with Crippen LogP contribution in [0.15, 0.2) is 18.2 Å². The number of cyclic esters (lactones) is 1. The van der Waals surface area contributed by atoms with Crippen LogP contribution >= 0.6 is 12.4 Å². The highest BCUT2D eigenvalue weighted by atomic mass is 35.5. The van der Waals surface area contributed by atoms with E-state index in [2.05, 4.69) is 5.32 Å². The minimum Gasteiger partial charge on any atom is -0.449 e. The van der Waals surface area contributed by atoms with Crippen LogP contribution in [-0.2, 0) is 4.74 Å². The van der Waals surface area contributed by atoms with Crippen molar-refractivity contribution in [3.8, 4) is 0 Å². The van der Waals surface area contributed by atoms with Crippen LogP contribution in [0.3, 0.4) is 0 Å². The molecule has 0 unspecified atom stereocenters. The maximum Gasteiger partial charge on any atom is 0.407 e. The summed E-state index contributed by atoms with van der Waals surface area (Å²) in [6, 6.07) is 4.74. The number of ether oxygens (including phenoxy) is 1. The van der Waals surface area contributed by atoms with Gasteiger partial charge in [-0.3, -0.25) is 0 Å². The third-order valence-corrected chi connectivity index (χ3v) is 2.46. The molecule has 1 aliphatic rings. The maximum atomic E-state index is 13.6. The van der Waals surface area contributed by atoms with E-state index in [-0.39, 0.29) is 24.3 Å². The Morgan fingerprint density at radius 2 is 2.25 bits per heavy atom. The zero-order valence-corrected chi connectivity index (χ0v) is 9.64. The van der Waals surface area contributed by atoms with Gasteiger partial charge in [0, 0.05) is 12.0 Å². The Kier molecular flexibility index (Phi) is 4.12. The molecule has 1 aromatic carbocycles. The summed E-state index contributed by atoms with van der Waals surface area (Å²) in [4.78, 5) is 11.0. The summed E-state index contributed by atoms with van der Waals surface area (Å²) in [5, 5.41) is 2.59. The molecular weight excluding hydrogens is 233 g/mol. The van der Waals surface area contributed by atoms with Crippen molar-refractivity contribution in [2.75, 3.05) is 6.61 Å². The average molecular weight is 246 g/mol. The molecule has 1 atom stereocenters. The lowest BCUT2D eigenvalue weighted by Crippen LogP contribution is -2.35. The second-order valence-electron chi connectivity index (χ2n) is 3.65. The minimum atomic E-state index is -0.480. The molecule has 0 saturated carbocycles. The fourth-order valence-electron chi connectivity index (χ4n) is 1.67. The van der Waals surface area contributed by atoms with Crippen molar-refractivity contribution in [2.24, 2.45) is 0 Å². The van der Waals surface area contributed by atoms with Gasteiger partial charge in [0.05, 0.1) is 12.6 Å². The number of rotatable bonds is 1. The molecule has 0 spiro atoms. The molecule has 1 heterocycles. The first-order chi connectivity index (χ1) is 7.16. The van der Waals surface area contributed by atoms with Crippen molar-refractivity contribution in [2.45, 2.75) is 19.4 Å². The highest BCUT2D eigenvalue weighted by Gasteiger charge is 2.22. The van der Waals surface area contributed by atoms with Crippen LogP contribution in [-0.4, -0.2) is 12.7 Å². The molecule has 1 saturated heterocycles. The molecule has 1 aliphatic heterocycles. The normalized spacial score (nSPS) is 19.4. The summed E-state index contributed by atoms with van der Waals surface area (Å²) >= 11 is 0. The van der Waals surface area contributed by atoms with Gasteiger partial charge in [-0.15, -0.1) is 12.4 Å². The first kappa shape index (κ1) is 12.8. The molecule has 88 valence electrons. The molecule has 0 aliphatic carbocycles. The Bertz CT molecular complexity index is 398. The molecule has 0 bridgehead atoms. The third kappa shape index (κ3) is 2.64. The fourth-order valence-corrected chi connectivity index (χ4v) is 1.67. The number of hydrogen-bond acceptors (Lipinski definition) is 2. The SMILES string of the molecule is Cc1ccc([C@@H]2CCOC(=O)N2)c(F)c1.Cl. The molecule has 2 rings (SSSR count). The van der Waals surface area contributed by atoms with Gasteiger partial charge in [-0.1, -0.05) is 12.1 Å². The number of carbonyl (C=O) groups is 1. The largest absolute Gasteiger partial charge is 0.449 e. The smallest absolute Gasteiger partial charge is 0.407 e. The van der Waals surface area contributed by atoms with E-state index in [1.165, 1.54) is 6.07 Å². The lowest BCUT2D eigenvalue weighted by molar-refractivity contribution is 0.115. The minimum absolute atomic E-state index is 0. The van der Waals surface area contributed by atoms with E-state index in [1.807, 2.05) is 13.0 Å². The topological polar surface area (TPSA) is 38.3 Å². The predicted molar refractivity (Wildman–Crippen MR) is 60.2 cm³/mol. The quantitative estimate of drug-likeness (QED) is 0.826. The number of halogens is 2. The summed E-state index contributed by atoms with van der Waals surface area (Å²) < 4.78 is 18.3. The fraction of sp³-hybridized carbons (Fsp3) is 0.364. The number of carbonyl (C=O) groups excluding carboxylic acids is 1. The molecular formula is C11H13ClFNO2. The summed E-state index contributed by atoms with van der Waals surface area (Å²) in [6.07, 6.45) is 0.123. The summed E-state index contributed by atoms with van der Waals surface area (Å²) in [7, 11) is 0. The Morgan fingerprint density at radius 3 is 2.88 bits per heavy atom. The van der Waals surface area contributed by atoms with E-state index in [0.29, 0.717) is 18.6 Å². The summed E-state index contributed by atoms with van der Waals surface area (Å²) in [6.45, 7) is 2.17. The van der Waals surface area contributed by atoms with Crippen LogP contribution in [0.5, 0.6) is 0 Å². The molecule has 5 heteroatoms. The van der Waals surface area contributed by atoms with E-state index in [1.54, 1.807) is 6.07 Å². The van der Waals surface area contributed by atoms with Crippen molar-refractivity contribution in [1.29, 1.82) is 0 Å². The lowest BCUT2D eigenvalue weighted by atomic mass is 10.0. The molecule has 1 aromatic rings. The van der Waals surface area contributed by atoms with Crippen LogP contribution in [0, 0.1) is 12.7 Å². The van der Waals surface area contributed by atoms with Gasteiger partial charge in [0.2, 0.25) is 0 Å². The molecule has 1 amide bonds. The molecule has 0 radical (unpaired) electrons. The van der Waals surface area contributed by atoms with Crippen LogP contribution in [0.4, 0.5) is 9.18 Å². The standard InChI is InChI=1S/C11H12FNO2.ClH/c1-7-2-3-8(9(12)6-7)10-4-5-15-11(14)13-10;/h2-3,6,10H,4-5H2,1H3,(H,13,14);1H/t10-;/m0./s1. The number of benzene rings is 1. The van der Waals surface area contributed by atoms with Gasteiger partial charge in [0.15, 0.2) is 0 Å². The van der Waals surface area contributed by atoms with E-state index < -0.39 is 6.09 Å². The van der Waals surface area contributed by atoms with E-state index in [4.69, 9.17) is 4.74 Å². The van der Waals surface area contributed by atoms with Crippen molar-refractivity contribution in [3.63, 3.8) is 0 Å². The zero-order chi connectivity index (χ0) is 10.8. The monoisotopic (exact) mass is 245 g/mol. The van der Waals surface area contributed by atoms with Crippen LogP contribution in [0.2, 0.25) is 0 Å². The first-order valence-corrected chi connectivity index (χ1v) is 4.86. The van der Waals surface area contributed by atoms with Crippen molar-refractivity contribution in [3.05, 3.63) is 35.1 Å². The predicted octanol–water partition coefficient (Wildman–Crippen LogP) is 2.73. The average Bonchev–Trinajstić information content (AvgIpc) is 2.17. The first-order valence-electron chi connectivity index (χ1n) is 4.86. The van der Waals surface area contributed by atoms with Gasteiger partial charge in [0.1, 0.15) is 5.82 Å². The summed E-state index contributed by atoms with van der Waals surface area (Å²) in [5.74, 6) is -0.276. The highest BCUT2D eigenvalue weighted by molar-refractivity contribution is 5.85. The van der Waals surface area contributed by atoms with E-state index in [9.17, 15) is 9.18 Å². The van der Waals surface area contributed by atoms with E-state index in [0.717, 1.165) is 5.56 Å². The van der Waals surface area contributed by atoms with Crippen LogP contribution < -0.4 is 5.32 Å².